The van der Waals surface area contributed by atoms with Crippen molar-refractivity contribution in [3.05, 3.63) is 99.3 Å². The predicted octanol–water partition coefficient (Wildman–Crippen LogP) is 0.395. The minimum absolute atomic E-state index is 0. The molecule has 0 radical (unpaired) electrons. The molecule has 1 amide bonds. The second-order valence-corrected chi connectivity index (χ2v) is 7.51. The van der Waals surface area contributed by atoms with Crippen LogP contribution in [-0.2, 0) is 13.2 Å². The van der Waals surface area contributed by atoms with E-state index in [1.54, 1.807) is 24.3 Å². The van der Waals surface area contributed by atoms with Crippen molar-refractivity contribution in [2.45, 2.75) is 13.2 Å². The van der Waals surface area contributed by atoms with Gasteiger partial charge in [-0.15, -0.1) is 0 Å². The average molecular weight is 518 g/mol. The fourth-order valence-corrected chi connectivity index (χ4v) is 3.37. The number of hydrogen-bond donors (Lipinski definition) is 3. The maximum Gasteiger partial charge on any atom is 1.00 e. The van der Waals surface area contributed by atoms with Gasteiger partial charge in [-0.3, -0.25) is 9.59 Å². The van der Waals surface area contributed by atoms with Crippen molar-refractivity contribution in [3.8, 4) is 11.5 Å². The minimum Gasteiger partial charge on any atom is -1.00 e. The van der Waals surface area contributed by atoms with Gasteiger partial charge in [-0.2, -0.15) is 0 Å². The van der Waals surface area contributed by atoms with Gasteiger partial charge in [0, 0.05) is 6.54 Å². The third-order valence-corrected chi connectivity index (χ3v) is 5.17. The molecular weight excluding hydrogens is 496 g/mol. The molecule has 4 rings (SSSR count). The number of fused-ring (bicyclic) bond motifs is 1. The zero-order valence-electron chi connectivity index (χ0n) is 20.5. The van der Waals surface area contributed by atoms with Gasteiger partial charge >= 0.3 is 57.4 Å². The Bertz CT molecular complexity index is 1480. The molecule has 0 aliphatic heterocycles. The number of H-pyrrole nitrogens is 1. The fraction of sp³-hybridized carbons (Fsp3) is 0.120. The molecule has 36 heavy (non-hydrogen) atoms. The molecule has 1 heterocycles. The van der Waals surface area contributed by atoms with E-state index in [1.165, 1.54) is 37.4 Å². The molecule has 3 N–H and O–H groups in total. The summed E-state index contributed by atoms with van der Waals surface area (Å²) >= 11 is 0. The Balaban J connectivity index is 0.00000241. The van der Waals surface area contributed by atoms with E-state index in [0.717, 1.165) is 11.6 Å². The van der Waals surface area contributed by atoms with E-state index in [4.69, 9.17) is 14.6 Å². The molecule has 0 bridgehead atoms. The van der Waals surface area contributed by atoms with E-state index in [2.05, 4.69) is 15.3 Å². The summed E-state index contributed by atoms with van der Waals surface area (Å²) < 4.78 is 25.2. The zero-order chi connectivity index (χ0) is 24.9. The molecule has 0 saturated carbocycles. The number of aromatic amines is 1. The number of carbonyl (C=O) groups is 2. The van der Waals surface area contributed by atoms with E-state index in [9.17, 15) is 18.8 Å². The molecular formula is C25H21FKN3O6. The van der Waals surface area contributed by atoms with Crippen LogP contribution in [0.1, 0.15) is 33.5 Å². The largest absolute Gasteiger partial charge is 1.00 e. The third-order valence-electron chi connectivity index (χ3n) is 5.17. The molecule has 0 aliphatic carbocycles. The predicted molar refractivity (Wildman–Crippen MR) is 125 cm³/mol. The summed E-state index contributed by atoms with van der Waals surface area (Å²) in [6.45, 7) is 0.0639. The van der Waals surface area contributed by atoms with Crippen LogP contribution in [0.25, 0.3) is 10.9 Å². The van der Waals surface area contributed by atoms with Crippen molar-refractivity contribution in [1.82, 2.24) is 15.3 Å². The van der Waals surface area contributed by atoms with Crippen molar-refractivity contribution >= 4 is 22.8 Å². The van der Waals surface area contributed by atoms with Crippen LogP contribution in [0.5, 0.6) is 11.5 Å². The van der Waals surface area contributed by atoms with Crippen LogP contribution in [0.15, 0.2) is 65.5 Å². The molecule has 9 nitrogen and oxygen atoms in total. The van der Waals surface area contributed by atoms with Gasteiger partial charge < -0.3 is 26.3 Å². The number of halogens is 1. The number of carboxylic acid groups (broad SMARTS) is 1. The first kappa shape index (κ1) is 27.5. The van der Waals surface area contributed by atoms with Gasteiger partial charge in [-0.25, -0.2) is 14.2 Å². The summed E-state index contributed by atoms with van der Waals surface area (Å²) in [6, 6.07) is 15.4. The zero-order valence-corrected chi connectivity index (χ0v) is 22.6. The summed E-state index contributed by atoms with van der Waals surface area (Å²) in [5, 5.41) is 11.5. The van der Waals surface area contributed by atoms with E-state index >= 15 is 0 Å². The normalized spacial score (nSPS) is 10.4. The van der Waals surface area contributed by atoms with Gasteiger partial charge in [-0.1, -0.05) is 24.3 Å². The summed E-state index contributed by atoms with van der Waals surface area (Å²) in [6.07, 6.45) is 0. The van der Waals surface area contributed by atoms with Crippen LogP contribution in [-0.4, -0.2) is 34.1 Å². The van der Waals surface area contributed by atoms with Crippen molar-refractivity contribution in [2.24, 2.45) is 0 Å². The first-order valence-corrected chi connectivity index (χ1v) is 10.4. The summed E-state index contributed by atoms with van der Waals surface area (Å²) in [7, 11) is 1.54. The van der Waals surface area contributed by atoms with Crippen molar-refractivity contribution in [3.63, 3.8) is 0 Å². The van der Waals surface area contributed by atoms with Gasteiger partial charge in [-0.05, 0) is 47.5 Å². The first-order chi connectivity index (χ1) is 16.9. The molecule has 0 unspecified atom stereocenters. The summed E-state index contributed by atoms with van der Waals surface area (Å²) in [5.41, 5.74) is 0.803. The number of aromatic carboxylic acids is 1. The van der Waals surface area contributed by atoms with Gasteiger partial charge in [0.25, 0.3) is 11.5 Å². The number of aromatic nitrogens is 2. The summed E-state index contributed by atoms with van der Waals surface area (Å²) in [4.78, 5) is 42.9. The number of carbonyl (C=O) groups excluding carboxylic acids is 1. The number of ether oxygens (including phenoxy) is 2. The number of nitrogens with one attached hydrogen (secondary N) is 2. The molecule has 1 aromatic heterocycles. The number of methoxy groups -OCH3 is 1. The SMILES string of the molecule is COc1cccc(CNC(=O)c2nc3ccc(F)c(OCc4ccc(C(=O)O)cc4)c3c(=O)[nH]2)c1.[H-].[K+]. The molecule has 11 heteroatoms. The molecule has 0 saturated heterocycles. The molecule has 0 atom stereocenters. The van der Waals surface area contributed by atoms with Gasteiger partial charge in [0.15, 0.2) is 17.4 Å². The monoisotopic (exact) mass is 517 g/mol. The number of rotatable bonds is 8. The van der Waals surface area contributed by atoms with Crippen LogP contribution in [0.2, 0.25) is 0 Å². The number of benzene rings is 3. The number of carboxylic acids is 1. The quantitative estimate of drug-likeness (QED) is 0.288. The van der Waals surface area contributed by atoms with Crippen LogP contribution in [0.3, 0.4) is 0 Å². The average Bonchev–Trinajstić information content (AvgIpc) is 2.87. The second-order valence-electron chi connectivity index (χ2n) is 7.51. The van der Waals surface area contributed by atoms with Crippen LogP contribution in [0.4, 0.5) is 4.39 Å². The number of nitrogens with zero attached hydrogens (tertiary/aromatic N) is 1. The summed E-state index contributed by atoms with van der Waals surface area (Å²) in [5.74, 6) is -2.37. The molecule has 3 aromatic carbocycles. The molecule has 0 spiro atoms. The Morgan fingerprint density at radius 3 is 2.56 bits per heavy atom. The maximum atomic E-state index is 14.5. The first-order valence-electron chi connectivity index (χ1n) is 10.4. The maximum absolute atomic E-state index is 14.5. The smallest absolute Gasteiger partial charge is 1.00 e. The molecule has 0 fully saturated rings. The van der Waals surface area contributed by atoms with E-state index < -0.39 is 23.3 Å². The van der Waals surface area contributed by atoms with Gasteiger partial charge in [0.05, 0.1) is 18.2 Å². The number of hydrogen-bond acceptors (Lipinski definition) is 6. The Morgan fingerprint density at radius 1 is 1.11 bits per heavy atom. The van der Waals surface area contributed by atoms with Gasteiger partial charge in [0.1, 0.15) is 17.7 Å². The molecule has 4 aromatic rings. The molecule has 180 valence electrons. The van der Waals surface area contributed by atoms with Crippen LogP contribution in [0, 0.1) is 5.82 Å². The third kappa shape index (κ3) is 6.36. The van der Waals surface area contributed by atoms with Crippen molar-refractivity contribution in [1.29, 1.82) is 0 Å². The second kappa shape index (κ2) is 12.2. The Labute approximate surface area is 248 Å². The Hall–Kier alpha value is -3.09. The van der Waals surface area contributed by atoms with Crippen LogP contribution >= 0.6 is 0 Å². The number of amides is 1. The van der Waals surface area contributed by atoms with Gasteiger partial charge in [0.2, 0.25) is 0 Å². The van der Waals surface area contributed by atoms with E-state index in [0.29, 0.717) is 11.3 Å². The van der Waals surface area contributed by atoms with E-state index in [1.807, 2.05) is 0 Å². The minimum atomic E-state index is -1.07. The molecule has 0 aliphatic rings. The van der Waals surface area contributed by atoms with Crippen molar-refractivity contribution < 1.29 is 81.4 Å². The Morgan fingerprint density at radius 2 is 1.86 bits per heavy atom. The van der Waals surface area contributed by atoms with Crippen LogP contribution < -0.4 is 71.7 Å². The van der Waals surface area contributed by atoms with Crippen molar-refractivity contribution in [2.75, 3.05) is 7.11 Å². The Kier molecular flexibility index (Phi) is 9.35. The standard InChI is InChI=1S/C25H20FN3O6.K.H/c1-34-17-4-2-3-15(11-17)12-27-24(31)22-28-19-10-9-18(26)21(20(19)23(30)29-22)35-13-14-5-7-16(8-6-14)25(32)33;;/h2-11H,12-13H2,1H3,(H,27,31)(H,32,33)(H,28,29,30);;/q;+1;-1. The van der Waals surface area contributed by atoms with E-state index in [-0.39, 0.29) is 94.0 Å². The topological polar surface area (TPSA) is 131 Å². The fourth-order valence-electron chi connectivity index (χ4n) is 3.37.